The van der Waals surface area contributed by atoms with Gasteiger partial charge in [-0.1, -0.05) is 0 Å². The van der Waals surface area contributed by atoms with E-state index in [-0.39, 0.29) is 0 Å². The average molecular weight is 250 g/mol. The van der Waals surface area contributed by atoms with E-state index in [0.29, 0.717) is 17.0 Å². The number of hydrogen-bond acceptors (Lipinski definition) is 2. The van der Waals surface area contributed by atoms with Gasteiger partial charge in [-0.25, -0.2) is 17.6 Å². The van der Waals surface area contributed by atoms with Crippen molar-refractivity contribution in [1.29, 1.82) is 0 Å². The molecule has 1 aromatic rings. The molecule has 0 saturated carbocycles. The van der Waals surface area contributed by atoms with Crippen molar-refractivity contribution in [2.75, 3.05) is 19.3 Å². The van der Waals surface area contributed by atoms with Gasteiger partial charge in [-0.15, -0.1) is 0 Å². The lowest BCUT2D eigenvalue weighted by Crippen LogP contribution is -2.32. The van der Waals surface area contributed by atoms with Gasteiger partial charge in [0.05, 0.1) is 17.8 Å². The first kappa shape index (κ1) is 13.3. The molecule has 1 rings (SSSR count). The van der Waals surface area contributed by atoms with E-state index >= 15 is 0 Å². The molecule has 0 fully saturated rings. The molecule has 3 nitrogen and oxygen atoms in total. The second-order valence-electron chi connectivity index (χ2n) is 3.43. The molecule has 1 aromatic carbocycles. The van der Waals surface area contributed by atoms with Gasteiger partial charge in [0.15, 0.2) is 5.82 Å². The normalized spacial score (nSPS) is 10.7. The molecule has 0 radical (unpaired) electrons. The Kier molecular flexibility index (Phi) is 3.93. The van der Waals surface area contributed by atoms with Crippen LogP contribution in [0.2, 0.25) is 0 Å². The van der Waals surface area contributed by atoms with Crippen LogP contribution in [-0.4, -0.2) is 30.8 Å². The van der Waals surface area contributed by atoms with Crippen molar-refractivity contribution < 1.29 is 22.4 Å². The first-order valence-electron chi connectivity index (χ1n) is 4.61. The van der Waals surface area contributed by atoms with Gasteiger partial charge in [0.1, 0.15) is 5.82 Å². The van der Waals surface area contributed by atoms with Crippen LogP contribution in [0.5, 0.6) is 0 Å². The first-order chi connectivity index (χ1) is 7.82. The molecule has 0 aromatic heterocycles. The summed E-state index contributed by atoms with van der Waals surface area (Å²) in [6.07, 6.45) is -2.75. The van der Waals surface area contributed by atoms with Crippen molar-refractivity contribution in [2.45, 2.75) is 6.43 Å². The first-order valence-corrected chi connectivity index (χ1v) is 4.61. The van der Waals surface area contributed by atoms with E-state index in [1.165, 1.54) is 0 Å². The second-order valence-corrected chi connectivity index (χ2v) is 3.43. The molecule has 0 aliphatic rings. The third kappa shape index (κ3) is 3.08. The Morgan fingerprint density at radius 3 is 2.53 bits per heavy atom. The average Bonchev–Trinajstić information content (AvgIpc) is 2.21. The smallest absolute Gasteiger partial charge is 0.256 e. The number of benzene rings is 1. The highest BCUT2D eigenvalue weighted by Gasteiger charge is 2.21. The molecule has 0 bridgehead atoms. The van der Waals surface area contributed by atoms with Gasteiger partial charge in [0.2, 0.25) is 0 Å². The van der Waals surface area contributed by atoms with E-state index < -0.39 is 41.8 Å². The van der Waals surface area contributed by atoms with E-state index in [4.69, 9.17) is 5.73 Å². The largest absolute Gasteiger partial charge is 0.396 e. The van der Waals surface area contributed by atoms with Crippen LogP contribution in [0.1, 0.15) is 10.4 Å². The summed E-state index contributed by atoms with van der Waals surface area (Å²) in [6, 6.07) is 1.33. The summed E-state index contributed by atoms with van der Waals surface area (Å²) in [7, 11) is 1.06. The molecule has 17 heavy (non-hydrogen) atoms. The summed E-state index contributed by atoms with van der Waals surface area (Å²) in [5, 5.41) is 0. The topological polar surface area (TPSA) is 46.3 Å². The lowest BCUT2D eigenvalue weighted by Gasteiger charge is -2.17. The number of carbonyl (C=O) groups excluding carboxylic acids is 1. The van der Waals surface area contributed by atoms with Crippen LogP contribution < -0.4 is 5.73 Å². The minimum Gasteiger partial charge on any atom is -0.396 e. The fourth-order valence-corrected chi connectivity index (χ4v) is 1.26. The lowest BCUT2D eigenvalue weighted by atomic mass is 10.1. The molecule has 1 amide bonds. The van der Waals surface area contributed by atoms with Crippen LogP contribution in [-0.2, 0) is 0 Å². The third-order valence-electron chi connectivity index (χ3n) is 2.05. The maximum atomic E-state index is 13.4. The van der Waals surface area contributed by atoms with Crippen molar-refractivity contribution in [1.82, 2.24) is 4.90 Å². The molecule has 0 heterocycles. The Hall–Kier alpha value is -1.79. The Morgan fingerprint density at radius 1 is 1.41 bits per heavy atom. The highest BCUT2D eigenvalue weighted by Crippen LogP contribution is 2.19. The summed E-state index contributed by atoms with van der Waals surface area (Å²) < 4.78 is 50.4. The van der Waals surface area contributed by atoms with Gasteiger partial charge < -0.3 is 10.6 Å². The zero-order valence-corrected chi connectivity index (χ0v) is 8.88. The van der Waals surface area contributed by atoms with Gasteiger partial charge in [-0.3, -0.25) is 4.79 Å². The fourth-order valence-electron chi connectivity index (χ4n) is 1.26. The van der Waals surface area contributed by atoms with Gasteiger partial charge in [0, 0.05) is 7.05 Å². The molecule has 0 aliphatic heterocycles. The molecule has 0 saturated heterocycles. The monoisotopic (exact) mass is 250 g/mol. The maximum absolute atomic E-state index is 13.4. The standard InChI is InChI=1S/C10H10F4N2O/c1-16(4-8(12)13)10(17)6-2-5(11)3-7(15)9(6)14/h2-3,8H,4,15H2,1H3. The number of amides is 1. The minimum absolute atomic E-state index is 0.543. The molecular formula is C10H10F4N2O. The van der Waals surface area contributed by atoms with E-state index in [1.807, 2.05) is 0 Å². The van der Waals surface area contributed by atoms with Gasteiger partial charge >= 0.3 is 0 Å². The molecular weight excluding hydrogens is 240 g/mol. The van der Waals surface area contributed by atoms with Crippen molar-refractivity contribution in [3.05, 3.63) is 29.3 Å². The number of nitrogens with two attached hydrogens (primary N) is 1. The van der Waals surface area contributed by atoms with Crippen LogP contribution in [0.3, 0.4) is 0 Å². The molecule has 94 valence electrons. The number of hydrogen-bond donors (Lipinski definition) is 1. The number of carbonyl (C=O) groups is 1. The van der Waals surface area contributed by atoms with Crippen LogP contribution in [0.25, 0.3) is 0 Å². The van der Waals surface area contributed by atoms with E-state index in [2.05, 4.69) is 0 Å². The summed E-state index contributed by atoms with van der Waals surface area (Å²) >= 11 is 0. The van der Waals surface area contributed by atoms with Crippen LogP contribution in [0, 0.1) is 11.6 Å². The van der Waals surface area contributed by atoms with Gasteiger partial charge in [-0.2, -0.15) is 0 Å². The quantitative estimate of drug-likeness (QED) is 0.657. The number of alkyl halides is 2. The third-order valence-corrected chi connectivity index (χ3v) is 2.05. The highest BCUT2D eigenvalue weighted by atomic mass is 19.3. The lowest BCUT2D eigenvalue weighted by molar-refractivity contribution is 0.0616. The SMILES string of the molecule is CN(CC(F)F)C(=O)c1cc(F)cc(N)c1F. The van der Waals surface area contributed by atoms with Crippen LogP contribution in [0.4, 0.5) is 23.2 Å². The minimum atomic E-state index is -2.75. The predicted molar refractivity (Wildman–Crippen MR) is 53.7 cm³/mol. The van der Waals surface area contributed by atoms with Gasteiger partial charge in [-0.05, 0) is 12.1 Å². The number of nitrogens with zero attached hydrogens (tertiary/aromatic N) is 1. The van der Waals surface area contributed by atoms with Crippen LogP contribution >= 0.6 is 0 Å². The van der Waals surface area contributed by atoms with Crippen molar-refractivity contribution in [2.24, 2.45) is 0 Å². The molecule has 7 heteroatoms. The summed E-state index contributed by atoms with van der Waals surface area (Å²) in [6.45, 7) is -0.866. The zero-order valence-electron chi connectivity index (χ0n) is 8.88. The van der Waals surface area contributed by atoms with E-state index in [0.717, 1.165) is 7.05 Å². The molecule has 0 spiro atoms. The Balaban J connectivity index is 3.04. The van der Waals surface area contributed by atoms with Crippen molar-refractivity contribution in [3.8, 4) is 0 Å². The predicted octanol–water partition coefficient (Wildman–Crippen LogP) is 1.88. The Labute approximate surface area is 94.8 Å². The number of nitrogen functional groups attached to an aromatic ring is 1. The number of halogens is 4. The maximum Gasteiger partial charge on any atom is 0.256 e. The van der Waals surface area contributed by atoms with E-state index in [1.54, 1.807) is 0 Å². The fraction of sp³-hybridized carbons (Fsp3) is 0.300. The molecule has 0 aliphatic carbocycles. The molecule has 2 N–H and O–H groups in total. The van der Waals surface area contributed by atoms with E-state index in [9.17, 15) is 22.4 Å². The summed E-state index contributed by atoms with van der Waals surface area (Å²) in [5.41, 5.74) is 3.92. The zero-order chi connectivity index (χ0) is 13.2. The molecule has 0 unspecified atom stereocenters. The highest BCUT2D eigenvalue weighted by molar-refractivity contribution is 5.95. The molecule has 0 atom stereocenters. The second kappa shape index (κ2) is 5.03. The Morgan fingerprint density at radius 2 is 2.00 bits per heavy atom. The van der Waals surface area contributed by atoms with Crippen molar-refractivity contribution in [3.63, 3.8) is 0 Å². The Bertz CT molecular complexity index is 437. The van der Waals surface area contributed by atoms with Gasteiger partial charge in [0.25, 0.3) is 12.3 Å². The van der Waals surface area contributed by atoms with Crippen LogP contribution in [0.15, 0.2) is 12.1 Å². The number of anilines is 1. The summed E-state index contributed by atoms with van der Waals surface area (Å²) in [4.78, 5) is 12.1. The summed E-state index contributed by atoms with van der Waals surface area (Å²) in [5.74, 6) is -3.07. The van der Waals surface area contributed by atoms with Crippen molar-refractivity contribution >= 4 is 11.6 Å². The number of rotatable bonds is 3.